The minimum Gasteiger partial charge on any atom is -0.468 e. The van der Waals surface area contributed by atoms with E-state index in [-0.39, 0.29) is 23.2 Å². The van der Waals surface area contributed by atoms with Crippen molar-refractivity contribution in [2.45, 2.75) is 82.3 Å². The SMILES string of the molecule is COC(=O)[C@]1(Cc2cccc(-c3ncc(F)cn3)c2)C[C@H](O[Si](C)(C)C(C)(C)C)[C@@H]2CCCN21. The molecule has 0 spiro atoms. The van der Waals surface area contributed by atoms with Crippen molar-refractivity contribution < 1.29 is 18.3 Å². The van der Waals surface area contributed by atoms with Crippen molar-refractivity contribution in [3.05, 3.63) is 48.0 Å². The van der Waals surface area contributed by atoms with Crippen LogP contribution in [0.4, 0.5) is 4.39 Å². The number of ether oxygens (including phenoxy) is 1. The summed E-state index contributed by atoms with van der Waals surface area (Å²) in [4.78, 5) is 24.0. The zero-order valence-corrected chi connectivity index (χ0v) is 22.1. The summed E-state index contributed by atoms with van der Waals surface area (Å²) < 4.78 is 25.6. The van der Waals surface area contributed by atoms with Gasteiger partial charge in [-0.15, -0.1) is 0 Å². The Balaban J connectivity index is 1.67. The number of aromatic nitrogens is 2. The van der Waals surface area contributed by atoms with E-state index in [9.17, 15) is 9.18 Å². The van der Waals surface area contributed by atoms with E-state index >= 15 is 0 Å². The summed E-state index contributed by atoms with van der Waals surface area (Å²) >= 11 is 0. The number of esters is 1. The van der Waals surface area contributed by atoms with Gasteiger partial charge in [0, 0.05) is 24.4 Å². The number of fused-ring (bicyclic) bond motifs is 1. The number of carbonyl (C=O) groups is 1. The number of methoxy groups -OCH3 is 1. The number of halogens is 1. The quantitative estimate of drug-likeness (QED) is 0.424. The fourth-order valence-electron chi connectivity index (χ4n) is 5.23. The predicted octanol–water partition coefficient (Wildman–Crippen LogP) is 5.00. The van der Waals surface area contributed by atoms with Crippen molar-refractivity contribution >= 4 is 14.3 Å². The fourth-order valence-corrected chi connectivity index (χ4v) is 6.58. The monoisotopic (exact) mass is 485 g/mol. The molecule has 4 rings (SSSR count). The third kappa shape index (κ3) is 4.55. The lowest BCUT2D eigenvalue weighted by atomic mass is 9.86. The molecule has 6 nitrogen and oxygen atoms in total. The highest BCUT2D eigenvalue weighted by atomic mass is 28.4. The normalized spacial score (nSPS) is 25.4. The molecule has 3 heterocycles. The van der Waals surface area contributed by atoms with E-state index in [1.807, 2.05) is 24.3 Å². The molecular weight excluding hydrogens is 449 g/mol. The van der Waals surface area contributed by atoms with Crippen LogP contribution in [0.5, 0.6) is 0 Å². The van der Waals surface area contributed by atoms with Crippen molar-refractivity contribution in [1.29, 1.82) is 0 Å². The van der Waals surface area contributed by atoms with Crippen LogP contribution in [0.25, 0.3) is 11.4 Å². The lowest BCUT2D eigenvalue weighted by Crippen LogP contribution is -2.53. The Morgan fingerprint density at radius 1 is 1.26 bits per heavy atom. The van der Waals surface area contributed by atoms with Crippen LogP contribution in [0, 0.1) is 5.82 Å². The van der Waals surface area contributed by atoms with Crippen LogP contribution in [-0.2, 0) is 20.4 Å². The molecule has 1 aromatic heterocycles. The second-order valence-electron chi connectivity index (χ2n) is 11.1. The van der Waals surface area contributed by atoms with Crippen LogP contribution in [-0.4, -0.2) is 60.5 Å². The maximum atomic E-state index is 13.4. The Labute approximate surface area is 203 Å². The summed E-state index contributed by atoms with van der Waals surface area (Å²) in [6.07, 6.45) is 5.55. The van der Waals surface area contributed by atoms with Crippen LogP contribution in [0.2, 0.25) is 18.1 Å². The molecular formula is C26H36FN3O3Si. The van der Waals surface area contributed by atoms with Gasteiger partial charge in [-0.05, 0) is 49.1 Å². The van der Waals surface area contributed by atoms with E-state index in [1.54, 1.807) is 0 Å². The Hall–Kier alpha value is -2.16. The second-order valence-corrected chi connectivity index (χ2v) is 15.9. The minimum atomic E-state index is -2.01. The molecule has 184 valence electrons. The minimum absolute atomic E-state index is 0.00565. The van der Waals surface area contributed by atoms with Gasteiger partial charge in [0.1, 0.15) is 5.54 Å². The van der Waals surface area contributed by atoms with Crippen LogP contribution in [0.1, 0.15) is 45.6 Å². The molecule has 0 saturated carbocycles. The zero-order chi connectivity index (χ0) is 24.7. The Bertz CT molecular complexity index is 1040. The number of hydrogen-bond acceptors (Lipinski definition) is 6. The van der Waals surface area contributed by atoms with Crippen molar-refractivity contribution in [2.24, 2.45) is 0 Å². The van der Waals surface area contributed by atoms with E-state index in [1.165, 1.54) is 19.5 Å². The molecule has 0 amide bonds. The fraction of sp³-hybridized carbons (Fsp3) is 0.577. The van der Waals surface area contributed by atoms with E-state index in [4.69, 9.17) is 9.16 Å². The first kappa shape index (κ1) is 24.9. The summed E-state index contributed by atoms with van der Waals surface area (Å²) in [6.45, 7) is 12.1. The van der Waals surface area contributed by atoms with Crippen molar-refractivity contribution in [2.75, 3.05) is 13.7 Å². The molecule has 2 aliphatic heterocycles. The van der Waals surface area contributed by atoms with Crippen LogP contribution >= 0.6 is 0 Å². The van der Waals surface area contributed by atoms with Crippen LogP contribution in [0.3, 0.4) is 0 Å². The lowest BCUT2D eigenvalue weighted by molar-refractivity contribution is -0.153. The number of hydrogen-bond donors (Lipinski definition) is 0. The van der Waals surface area contributed by atoms with Gasteiger partial charge in [0.05, 0.1) is 25.6 Å². The molecule has 2 fully saturated rings. The summed E-state index contributed by atoms with van der Waals surface area (Å²) in [5.41, 5.74) is 1.02. The average Bonchev–Trinajstić information content (AvgIpc) is 3.37. The van der Waals surface area contributed by atoms with E-state index in [0.717, 1.165) is 30.5 Å². The summed E-state index contributed by atoms with van der Waals surface area (Å²) in [5.74, 6) is -0.215. The second kappa shape index (κ2) is 9.13. The number of rotatable bonds is 6. The van der Waals surface area contributed by atoms with Crippen molar-refractivity contribution in [1.82, 2.24) is 14.9 Å². The van der Waals surface area contributed by atoms with Gasteiger partial charge in [-0.25, -0.2) is 14.4 Å². The molecule has 2 aliphatic rings. The first-order chi connectivity index (χ1) is 16.0. The van der Waals surface area contributed by atoms with E-state index < -0.39 is 19.7 Å². The van der Waals surface area contributed by atoms with Gasteiger partial charge in [-0.2, -0.15) is 0 Å². The number of carbonyl (C=O) groups excluding carboxylic acids is 1. The van der Waals surface area contributed by atoms with Gasteiger partial charge < -0.3 is 9.16 Å². The molecule has 8 heteroatoms. The van der Waals surface area contributed by atoms with Crippen molar-refractivity contribution in [3.63, 3.8) is 0 Å². The van der Waals surface area contributed by atoms with Gasteiger partial charge >= 0.3 is 5.97 Å². The molecule has 0 unspecified atom stereocenters. The van der Waals surface area contributed by atoms with Crippen molar-refractivity contribution in [3.8, 4) is 11.4 Å². The maximum absolute atomic E-state index is 13.4. The van der Waals surface area contributed by atoms with Gasteiger partial charge in [0.15, 0.2) is 20.0 Å². The topological polar surface area (TPSA) is 64.5 Å². The van der Waals surface area contributed by atoms with Gasteiger partial charge in [-0.3, -0.25) is 9.69 Å². The lowest BCUT2D eigenvalue weighted by Gasteiger charge is -2.39. The first-order valence-corrected chi connectivity index (χ1v) is 15.0. The third-order valence-electron chi connectivity index (χ3n) is 7.94. The average molecular weight is 486 g/mol. The molecule has 1 aromatic carbocycles. The third-order valence-corrected chi connectivity index (χ3v) is 12.4. The van der Waals surface area contributed by atoms with E-state index in [2.05, 4.69) is 48.7 Å². The highest BCUT2D eigenvalue weighted by molar-refractivity contribution is 6.74. The zero-order valence-electron chi connectivity index (χ0n) is 21.1. The molecule has 0 bridgehead atoms. The van der Waals surface area contributed by atoms with Gasteiger partial charge in [-0.1, -0.05) is 39.0 Å². The summed E-state index contributed by atoms with van der Waals surface area (Å²) in [7, 11) is -0.541. The smallest absolute Gasteiger partial charge is 0.326 e. The van der Waals surface area contributed by atoms with Crippen LogP contribution < -0.4 is 0 Å². The molecule has 2 saturated heterocycles. The molecule has 0 aliphatic carbocycles. The Morgan fingerprint density at radius 3 is 2.62 bits per heavy atom. The predicted molar refractivity (Wildman–Crippen MR) is 132 cm³/mol. The first-order valence-electron chi connectivity index (χ1n) is 12.1. The molecule has 0 radical (unpaired) electrons. The highest BCUT2D eigenvalue weighted by Crippen LogP contribution is 2.47. The molecule has 2 aromatic rings. The Morgan fingerprint density at radius 2 is 1.97 bits per heavy atom. The largest absolute Gasteiger partial charge is 0.468 e. The van der Waals surface area contributed by atoms with Crippen LogP contribution in [0.15, 0.2) is 36.7 Å². The summed E-state index contributed by atoms with van der Waals surface area (Å²) in [5, 5.41) is 0.0937. The molecule has 3 atom stereocenters. The van der Waals surface area contributed by atoms with Gasteiger partial charge in [0.2, 0.25) is 0 Å². The standard InChI is InChI=1S/C26H36FN3O3Si/c1-25(2,3)34(5,6)33-22-15-26(24(31)32-4,30-12-8-11-21(22)30)14-18-9-7-10-19(13-18)23-28-16-20(27)17-29-23/h7,9-10,13,16-17,21-22H,8,11-12,14-15H2,1-6H3/t21-,22-,26-/m0/s1. The molecule has 0 N–H and O–H groups in total. The Kier molecular flexibility index (Phi) is 6.70. The van der Waals surface area contributed by atoms with Gasteiger partial charge in [0.25, 0.3) is 0 Å². The molecule has 34 heavy (non-hydrogen) atoms. The summed E-state index contributed by atoms with van der Waals surface area (Å²) in [6, 6.07) is 8.06. The van der Waals surface area contributed by atoms with E-state index in [0.29, 0.717) is 18.7 Å². The maximum Gasteiger partial charge on any atom is 0.326 e. The number of nitrogens with zero attached hydrogens (tertiary/aromatic N) is 3. The highest BCUT2D eigenvalue weighted by Gasteiger charge is 2.59. The number of benzene rings is 1.